The van der Waals surface area contributed by atoms with Crippen LogP contribution in [0.3, 0.4) is 0 Å². The van der Waals surface area contributed by atoms with Crippen molar-refractivity contribution in [3.05, 3.63) is 5.89 Å². The Kier molecular flexibility index (Phi) is 5.18. The number of hydrogen-bond acceptors (Lipinski definition) is 6. The van der Waals surface area contributed by atoms with Crippen LogP contribution in [0, 0.1) is 23.7 Å². The van der Waals surface area contributed by atoms with Crippen LogP contribution in [0.15, 0.2) is 9.64 Å². The molecule has 27 heavy (non-hydrogen) atoms. The summed E-state index contributed by atoms with van der Waals surface area (Å²) in [6, 6.07) is -0.464. The summed E-state index contributed by atoms with van der Waals surface area (Å²) in [6.45, 7) is 4.52. The van der Waals surface area contributed by atoms with Crippen molar-refractivity contribution < 1.29 is 14.0 Å². The normalized spacial score (nSPS) is 31.3. The van der Waals surface area contributed by atoms with Gasteiger partial charge in [-0.15, -0.1) is 10.2 Å². The third kappa shape index (κ3) is 4.15. The number of urea groups is 1. The molecule has 4 saturated carbocycles. The second-order valence-electron chi connectivity index (χ2n) is 9.01. The molecule has 4 bridgehead atoms. The van der Waals surface area contributed by atoms with Gasteiger partial charge >= 0.3 is 6.03 Å². The van der Waals surface area contributed by atoms with Crippen LogP contribution in [0.1, 0.15) is 58.3 Å². The lowest BCUT2D eigenvalue weighted by Crippen LogP contribution is -2.48. The van der Waals surface area contributed by atoms with Gasteiger partial charge < -0.3 is 9.73 Å². The van der Waals surface area contributed by atoms with Gasteiger partial charge in [-0.1, -0.05) is 25.6 Å². The van der Waals surface area contributed by atoms with Crippen LogP contribution in [0.25, 0.3) is 0 Å². The predicted molar refractivity (Wildman–Crippen MR) is 101 cm³/mol. The quantitative estimate of drug-likeness (QED) is 0.722. The number of thioether (sulfide) groups is 1. The zero-order valence-corrected chi connectivity index (χ0v) is 16.8. The van der Waals surface area contributed by atoms with Gasteiger partial charge in [-0.2, -0.15) is 0 Å². The fourth-order valence-electron chi connectivity index (χ4n) is 5.49. The van der Waals surface area contributed by atoms with Gasteiger partial charge in [0.15, 0.2) is 0 Å². The third-order valence-corrected chi connectivity index (χ3v) is 6.97. The van der Waals surface area contributed by atoms with E-state index in [1.807, 2.05) is 13.8 Å². The van der Waals surface area contributed by atoms with Crippen LogP contribution < -0.4 is 10.6 Å². The van der Waals surface area contributed by atoms with E-state index < -0.39 is 6.03 Å². The number of carbonyl (C=O) groups is 2. The van der Waals surface area contributed by atoms with Crippen molar-refractivity contribution in [2.24, 2.45) is 23.7 Å². The van der Waals surface area contributed by atoms with Gasteiger partial charge in [0.2, 0.25) is 11.8 Å². The second-order valence-corrected chi connectivity index (χ2v) is 9.94. The first-order valence-electron chi connectivity index (χ1n) is 9.96. The highest BCUT2D eigenvalue weighted by atomic mass is 32.2. The van der Waals surface area contributed by atoms with E-state index in [-0.39, 0.29) is 17.1 Å². The van der Waals surface area contributed by atoms with Crippen LogP contribution >= 0.6 is 11.8 Å². The zero-order chi connectivity index (χ0) is 19.0. The van der Waals surface area contributed by atoms with Gasteiger partial charge in [-0.05, 0) is 62.2 Å². The van der Waals surface area contributed by atoms with Gasteiger partial charge in [0.25, 0.3) is 5.22 Å². The smallest absolute Gasteiger partial charge is 0.321 e. The van der Waals surface area contributed by atoms with E-state index in [1.54, 1.807) is 0 Å². The van der Waals surface area contributed by atoms with Crippen molar-refractivity contribution in [1.29, 1.82) is 0 Å². The van der Waals surface area contributed by atoms with Crippen LogP contribution in [0.5, 0.6) is 0 Å². The number of nitrogens with one attached hydrogen (secondary N) is 2. The maximum absolute atomic E-state index is 11.9. The first-order chi connectivity index (χ1) is 12.9. The topological polar surface area (TPSA) is 97.1 Å². The lowest BCUT2D eigenvalue weighted by molar-refractivity contribution is -0.117. The largest absolute Gasteiger partial charge is 0.415 e. The maximum Gasteiger partial charge on any atom is 0.321 e. The molecule has 1 heterocycles. The van der Waals surface area contributed by atoms with Crippen molar-refractivity contribution in [3.63, 3.8) is 0 Å². The third-order valence-electron chi connectivity index (χ3n) is 6.15. The fraction of sp³-hybridized carbons (Fsp3) is 0.789. The molecule has 148 valence electrons. The summed E-state index contributed by atoms with van der Waals surface area (Å²) in [7, 11) is 0. The first-order valence-corrected chi connectivity index (χ1v) is 10.9. The molecule has 7 nitrogen and oxygen atoms in total. The Morgan fingerprint density at radius 3 is 2.37 bits per heavy atom. The Morgan fingerprint density at radius 1 is 1.15 bits per heavy atom. The average Bonchev–Trinajstić information content (AvgIpc) is 3.07. The van der Waals surface area contributed by atoms with Crippen molar-refractivity contribution in [1.82, 2.24) is 20.8 Å². The van der Waals surface area contributed by atoms with E-state index in [2.05, 4.69) is 20.8 Å². The molecule has 2 N–H and O–H groups in total. The van der Waals surface area contributed by atoms with E-state index in [9.17, 15) is 9.59 Å². The van der Waals surface area contributed by atoms with Crippen molar-refractivity contribution in [2.45, 2.75) is 63.0 Å². The van der Waals surface area contributed by atoms with Crippen LogP contribution in [-0.4, -0.2) is 34.4 Å². The highest BCUT2D eigenvalue weighted by Crippen LogP contribution is 2.60. The van der Waals surface area contributed by atoms with Gasteiger partial charge in [0.1, 0.15) is 0 Å². The number of nitrogens with zero attached hydrogens (tertiary/aromatic N) is 2. The molecule has 4 fully saturated rings. The lowest BCUT2D eigenvalue weighted by atomic mass is 9.49. The molecule has 0 spiro atoms. The van der Waals surface area contributed by atoms with Gasteiger partial charge in [-0.25, -0.2) is 4.79 Å². The van der Waals surface area contributed by atoms with Crippen LogP contribution in [0.4, 0.5) is 4.79 Å². The summed E-state index contributed by atoms with van der Waals surface area (Å²) < 4.78 is 5.96. The molecule has 1 aromatic rings. The molecule has 5 rings (SSSR count). The Bertz CT molecular complexity index is 682. The second kappa shape index (κ2) is 7.45. The molecule has 4 aliphatic carbocycles. The molecular formula is C19H28N4O3S. The van der Waals surface area contributed by atoms with Gasteiger partial charge in [-0.3, -0.25) is 10.1 Å². The summed E-state index contributed by atoms with van der Waals surface area (Å²) >= 11 is 1.19. The minimum atomic E-state index is -0.464. The molecule has 0 aliphatic heterocycles. The Morgan fingerprint density at radius 2 is 1.78 bits per heavy atom. The number of aromatic nitrogens is 2. The number of carbonyl (C=O) groups excluding carboxylic acids is 2. The molecule has 0 saturated heterocycles. The fourth-order valence-corrected chi connectivity index (χ4v) is 6.05. The van der Waals surface area contributed by atoms with Crippen LogP contribution in [-0.2, 0) is 10.2 Å². The van der Waals surface area contributed by atoms with E-state index in [1.165, 1.54) is 50.3 Å². The molecule has 0 aromatic carbocycles. The van der Waals surface area contributed by atoms with Crippen molar-refractivity contribution in [2.75, 3.05) is 12.3 Å². The number of imide groups is 1. The van der Waals surface area contributed by atoms with Crippen LogP contribution in [0.2, 0.25) is 0 Å². The summed E-state index contributed by atoms with van der Waals surface area (Å²) in [5.74, 6) is 3.26. The van der Waals surface area contributed by atoms with Gasteiger partial charge in [0, 0.05) is 12.0 Å². The Balaban J connectivity index is 1.30. The average molecular weight is 393 g/mol. The molecular weight excluding hydrogens is 364 g/mol. The summed E-state index contributed by atoms with van der Waals surface area (Å²) in [6.07, 6.45) is 7.61. The molecule has 4 aliphatic rings. The van der Waals surface area contributed by atoms with E-state index in [0.29, 0.717) is 17.7 Å². The molecule has 0 unspecified atom stereocenters. The monoisotopic (exact) mass is 392 g/mol. The Labute approximate surface area is 163 Å². The molecule has 3 amide bonds. The summed E-state index contributed by atoms with van der Waals surface area (Å²) in [4.78, 5) is 23.5. The van der Waals surface area contributed by atoms with Crippen molar-refractivity contribution in [3.8, 4) is 0 Å². The van der Waals surface area contributed by atoms with E-state index in [0.717, 1.165) is 23.6 Å². The number of amides is 3. The van der Waals surface area contributed by atoms with Crippen molar-refractivity contribution >= 4 is 23.7 Å². The summed E-state index contributed by atoms with van der Waals surface area (Å²) in [5.41, 5.74) is 0.0690. The predicted octanol–water partition coefficient (Wildman–Crippen LogP) is 3.11. The molecule has 0 radical (unpaired) electrons. The molecule has 0 atom stereocenters. The van der Waals surface area contributed by atoms with E-state index >= 15 is 0 Å². The minimum absolute atomic E-state index is 0.0690. The number of hydrogen-bond donors (Lipinski definition) is 2. The highest BCUT2D eigenvalue weighted by Gasteiger charge is 2.54. The molecule has 8 heteroatoms. The maximum atomic E-state index is 11.9. The standard InChI is InChI=1S/C19H28N4O3S/c1-11(2)9-20-17(25)21-15(24)10-27-18-23-22-16(26-18)19-6-12-3-13(7-19)5-14(4-12)8-19/h11-14H,3-10H2,1-2H3,(H2,20,21,24,25). The van der Waals surface area contributed by atoms with E-state index in [4.69, 9.17) is 4.42 Å². The minimum Gasteiger partial charge on any atom is -0.415 e. The highest BCUT2D eigenvalue weighted by molar-refractivity contribution is 7.99. The lowest BCUT2D eigenvalue weighted by Gasteiger charge is -2.55. The molecule has 1 aromatic heterocycles. The summed E-state index contributed by atoms with van der Waals surface area (Å²) in [5, 5.41) is 13.9. The first kappa shape index (κ1) is 18.8. The van der Waals surface area contributed by atoms with Gasteiger partial charge in [0.05, 0.1) is 5.75 Å². The Hall–Kier alpha value is -1.57. The number of rotatable bonds is 6. The SMILES string of the molecule is CC(C)CNC(=O)NC(=O)CSc1nnc(C23CC4CC(CC(C4)C2)C3)o1. The zero-order valence-electron chi connectivity index (χ0n) is 16.0.